The van der Waals surface area contributed by atoms with E-state index in [0.29, 0.717) is 30.5 Å². The second kappa shape index (κ2) is 13.9. The predicted octanol–water partition coefficient (Wildman–Crippen LogP) is 6.36. The predicted molar refractivity (Wildman–Crippen MR) is 120 cm³/mol. The van der Waals surface area contributed by atoms with E-state index in [0.717, 1.165) is 37.0 Å². The van der Waals surface area contributed by atoms with Gasteiger partial charge in [0.05, 0.1) is 12.2 Å². The molecule has 2 rings (SSSR count). The number of hydrogen-bond donors (Lipinski definition) is 0. The molecule has 164 valence electrons. The van der Waals surface area contributed by atoms with Crippen molar-refractivity contribution in [3.05, 3.63) is 42.2 Å². The van der Waals surface area contributed by atoms with Crippen LogP contribution >= 0.6 is 0 Å². The van der Waals surface area contributed by atoms with Crippen molar-refractivity contribution in [3.8, 4) is 17.1 Å². The van der Waals surface area contributed by atoms with Gasteiger partial charge in [-0.25, -0.2) is 9.97 Å². The fourth-order valence-electron chi connectivity index (χ4n) is 3.05. The minimum Gasteiger partial charge on any atom is -0.426 e. The number of carbonyl (C=O) groups excluding carboxylic acids is 1. The normalized spacial score (nSPS) is 12.0. The van der Waals surface area contributed by atoms with Gasteiger partial charge < -0.3 is 9.47 Å². The van der Waals surface area contributed by atoms with Gasteiger partial charge in [-0.15, -0.1) is 0 Å². The van der Waals surface area contributed by atoms with E-state index in [2.05, 4.69) is 30.7 Å². The first-order valence-electron chi connectivity index (χ1n) is 11.3. The van der Waals surface area contributed by atoms with Crippen LogP contribution in [0.4, 0.5) is 0 Å². The largest absolute Gasteiger partial charge is 0.426 e. The third-order valence-corrected chi connectivity index (χ3v) is 5.26. The number of rotatable bonds is 14. The van der Waals surface area contributed by atoms with Gasteiger partial charge in [-0.2, -0.15) is 0 Å². The summed E-state index contributed by atoms with van der Waals surface area (Å²) < 4.78 is 11.3. The lowest BCUT2D eigenvalue weighted by molar-refractivity contribution is -0.134. The van der Waals surface area contributed by atoms with Crippen LogP contribution in [0.3, 0.4) is 0 Å². The molecule has 0 N–H and O–H groups in total. The molecule has 1 aromatic carbocycles. The zero-order valence-corrected chi connectivity index (χ0v) is 18.7. The Morgan fingerprint density at radius 1 is 1.03 bits per heavy atom. The van der Waals surface area contributed by atoms with Gasteiger partial charge >= 0.3 is 5.97 Å². The van der Waals surface area contributed by atoms with Crippen molar-refractivity contribution in [3.63, 3.8) is 0 Å². The Balaban J connectivity index is 1.88. The molecule has 0 spiro atoms. The van der Waals surface area contributed by atoms with E-state index in [-0.39, 0.29) is 5.97 Å². The molecule has 0 aliphatic heterocycles. The Morgan fingerprint density at radius 3 is 2.50 bits per heavy atom. The van der Waals surface area contributed by atoms with Crippen LogP contribution in [0.25, 0.3) is 11.4 Å². The lowest BCUT2D eigenvalue weighted by atomic mass is 10.0. The van der Waals surface area contributed by atoms with Gasteiger partial charge in [-0.1, -0.05) is 65.0 Å². The SMILES string of the molecule is CCCCCCCOCc1cnc(-c2ccccc2OC(=O)CCC(C)CC)nc1. The highest BCUT2D eigenvalue weighted by Crippen LogP contribution is 2.27. The molecule has 0 aliphatic carbocycles. The summed E-state index contributed by atoms with van der Waals surface area (Å²) in [5, 5.41) is 0. The van der Waals surface area contributed by atoms with E-state index in [1.807, 2.05) is 18.2 Å². The Kier molecular flexibility index (Phi) is 11.1. The Bertz CT molecular complexity index is 746. The minimum absolute atomic E-state index is 0.216. The summed E-state index contributed by atoms with van der Waals surface area (Å²) in [6, 6.07) is 7.41. The van der Waals surface area contributed by atoms with E-state index >= 15 is 0 Å². The number of para-hydroxylation sites is 1. The molecule has 0 bridgehead atoms. The average molecular weight is 413 g/mol. The van der Waals surface area contributed by atoms with Gasteiger partial charge in [0.25, 0.3) is 0 Å². The molecule has 0 saturated heterocycles. The molecule has 0 radical (unpaired) electrons. The highest BCUT2D eigenvalue weighted by molar-refractivity contribution is 5.76. The van der Waals surface area contributed by atoms with Crippen molar-refractivity contribution < 1.29 is 14.3 Å². The first-order valence-corrected chi connectivity index (χ1v) is 11.3. The molecule has 1 aromatic heterocycles. The lowest BCUT2D eigenvalue weighted by Crippen LogP contribution is -2.10. The number of benzene rings is 1. The van der Waals surface area contributed by atoms with Gasteiger partial charge in [0.15, 0.2) is 5.82 Å². The lowest BCUT2D eigenvalue weighted by Gasteiger charge is -2.11. The zero-order valence-electron chi connectivity index (χ0n) is 18.7. The number of hydrogen-bond acceptors (Lipinski definition) is 5. The highest BCUT2D eigenvalue weighted by atomic mass is 16.5. The van der Waals surface area contributed by atoms with Gasteiger partial charge in [-0.05, 0) is 30.9 Å². The molecular formula is C25H36N2O3. The molecule has 5 nitrogen and oxygen atoms in total. The molecule has 0 saturated carbocycles. The van der Waals surface area contributed by atoms with Gasteiger partial charge in [-0.3, -0.25) is 4.79 Å². The first-order chi connectivity index (χ1) is 14.6. The van der Waals surface area contributed by atoms with Crippen LogP contribution in [-0.2, 0) is 16.1 Å². The van der Waals surface area contributed by atoms with Gasteiger partial charge in [0.1, 0.15) is 5.75 Å². The van der Waals surface area contributed by atoms with Crippen LogP contribution in [0.15, 0.2) is 36.7 Å². The Morgan fingerprint density at radius 2 is 1.77 bits per heavy atom. The maximum absolute atomic E-state index is 12.2. The molecular weight excluding hydrogens is 376 g/mol. The molecule has 0 fully saturated rings. The summed E-state index contributed by atoms with van der Waals surface area (Å²) in [7, 11) is 0. The molecule has 2 aromatic rings. The second-order valence-electron chi connectivity index (χ2n) is 7.90. The fourth-order valence-corrected chi connectivity index (χ4v) is 3.05. The van der Waals surface area contributed by atoms with Crippen molar-refractivity contribution >= 4 is 5.97 Å². The molecule has 30 heavy (non-hydrogen) atoms. The van der Waals surface area contributed by atoms with E-state index in [4.69, 9.17) is 9.47 Å². The third kappa shape index (κ3) is 8.62. The second-order valence-corrected chi connectivity index (χ2v) is 7.90. The maximum atomic E-state index is 12.2. The van der Waals surface area contributed by atoms with Crippen molar-refractivity contribution in [1.82, 2.24) is 9.97 Å². The Labute approximate surface area is 181 Å². The highest BCUT2D eigenvalue weighted by Gasteiger charge is 2.13. The van der Waals surface area contributed by atoms with Gasteiger partial charge in [0, 0.05) is 31.0 Å². The molecule has 0 amide bonds. The van der Waals surface area contributed by atoms with E-state index < -0.39 is 0 Å². The van der Waals surface area contributed by atoms with Crippen LogP contribution in [-0.4, -0.2) is 22.5 Å². The number of aromatic nitrogens is 2. The molecule has 0 aliphatic rings. The molecule has 1 atom stereocenters. The number of unbranched alkanes of at least 4 members (excludes halogenated alkanes) is 4. The quantitative estimate of drug-likeness (QED) is 0.205. The summed E-state index contributed by atoms with van der Waals surface area (Å²) in [5.41, 5.74) is 1.66. The third-order valence-electron chi connectivity index (χ3n) is 5.26. The van der Waals surface area contributed by atoms with Crippen molar-refractivity contribution in [1.29, 1.82) is 0 Å². The summed E-state index contributed by atoms with van der Waals surface area (Å²) in [6.45, 7) is 7.77. The summed E-state index contributed by atoms with van der Waals surface area (Å²) >= 11 is 0. The molecule has 1 heterocycles. The van der Waals surface area contributed by atoms with Crippen LogP contribution in [0.2, 0.25) is 0 Å². The smallest absolute Gasteiger partial charge is 0.311 e. The Hall–Kier alpha value is -2.27. The van der Waals surface area contributed by atoms with Crippen molar-refractivity contribution in [2.45, 2.75) is 78.7 Å². The monoisotopic (exact) mass is 412 g/mol. The summed E-state index contributed by atoms with van der Waals surface area (Å²) in [5.74, 6) is 1.35. The van der Waals surface area contributed by atoms with Crippen molar-refractivity contribution in [2.24, 2.45) is 5.92 Å². The standard InChI is InChI=1S/C25H36N2O3/c1-4-6-7-8-11-16-29-19-21-17-26-25(27-18-21)22-12-9-10-13-23(22)30-24(28)15-14-20(3)5-2/h9-10,12-13,17-18,20H,4-8,11,14-16,19H2,1-3H3. The zero-order chi connectivity index (χ0) is 21.6. The topological polar surface area (TPSA) is 61.3 Å². The van der Waals surface area contributed by atoms with E-state index in [1.165, 1.54) is 25.7 Å². The van der Waals surface area contributed by atoms with E-state index in [1.54, 1.807) is 18.5 Å². The number of carbonyl (C=O) groups is 1. The molecule has 1 unspecified atom stereocenters. The number of nitrogens with zero attached hydrogens (tertiary/aromatic N) is 2. The summed E-state index contributed by atoms with van der Waals surface area (Å²) in [6.07, 6.45) is 12.0. The van der Waals surface area contributed by atoms with E-state index in [9.17, 15) is 4.79 Å². The summed E-state index contributed by atoms with van der Waals surface area (Å²) in [4.78, 5) is 21.1. The van der Waals surface area contributed by atoms with Crippen LogP contribution in [0.1, 0.15) is 77.7 Å². The fraction of sp³-hybridized carbons (Fsp3) is 0.560. The number of ether oxygens (including phenoxy) is 2. The van der Waals surface area contributed by atoms with Crippen molar-refractivity contribution in [2.75, 3.05) is 6.61 Å². The first kappa shape index (κ1) is 24.0. The van der Waals surface area contributed by atoms with Gasteiger partial charge in [0.2, 0.25) is 0 Å². The molecule has 5 heteroatoms. The minimum atomic E-state index is -0.216. The van der Waals surface area contributed by atoms with Crippen LogP contribution in [0, 0.1) is 5.92 Å². The average Bonchev–Trinajstić information content (AvgIpc) is 2.77. The number of esters is 1. The van der Waals surface area contributed by atoms with Crippen LogP contribution in [0.5, 0.6) is 5.75 Å². The maximum Gasteiger partial charge on any atom is 0.311 e. The van der Waals surface area contributed by atoms with Crippen LogP contribution < -0.4 is 4.74 Å².